The Morgan fingerprint density at radius 1 is 0.865 bits per heavy atom. The average Bonchev–Trinajstić information content (AvgIpc) is 2.89. The number of hydrogen-bond donors (Lipinski definition) is 1. The lowest BCUT2D eigenvalue weighted by Gasteiger charge is -2.40. The van der Waals surface area contributed by atoms with Crippen molar-refractivity contribution in [2.45, 2.75) is 19.3 Å². The molecule has 3 aromatic carbocycles. The van der Waals surface area contributed by atoms with E-state index in [4.69, 9.17) is 19.9 Å². The number of hydrogen-bond acceptors (Lipinski definition) is 6. The van der Waals surface area contributed by atoms with Gasteiger partial charge in [0.15, 0.2) is 11.5 Å². The fourth-order valence-electron chi connectivity index (χ4n) is 4.60. The van der Waals surface area contributed by atoms with Crippen LogP contribution in [-0.4, -0.2) is 31.0 Å². The maximum Gasteiger partial charge on any atom is 0.247 e. The van der Waals surface area contributed by atoms with Crippen LogP contribution in [0.2, 0.25) is 0 Å². The molecule has 1 aliphatic carbocycles. The van der Waals surface area contributed by atoms with Gasteiger partial charge in [0.05, 0.1) is 19.7 Å². The summed E-state index contributed by atoms with van der Waals surface area (Å²) < 4.78 is 17.0. The Morgan fingerprint density at radius 2 is 1.51 bits per heavy atom. The zero-order valence-electron chi connectivity index (χ0n) is 20.6. The molecule has 1 aromatic heterocycles. The molecule has 37 heavy (non-hydrogen) atoms. The van der Waals surface area contributed by atoms with Crippen LogP contribution in [0.1, 0.15) is 19.3 Å². The Bertz CT molecular complexity index is 1450. The summed E-state index contributed by atoms with van der Waals surface area (Å²) in [6, 6.07) is 21.8. The Labute approximate surface area is 214 Å². The van der Waals surface area contributed by atoms with Gasteiger partial charge in [-0.15, -0.1) is 0 Å². The predicted molar refractivity (Wildman–Crippen MR) is 140 cm³/mol. The molecule has 8 nitrogen and oxygen atoms in total. The minimum absolute atomic E-state index is 0.313. The van der Waals surface area contributed by atoms with Crippen molar-refractivity contribution in [2.24, 2.45) is 11.1 Å². The van der Waals surface area contributed by atoms with E-state index in [0.29, 0.717) is 52.7 Å². The minimum atomic E-state index is -1.18. The van der Waals surface area contributed by atoms with Gasteiger partial charge in [0.25, 0.3) is 0 Å². The summed E-state index contributed by atoms with van der Waals surface area (Å²) >= 11 is 0. The first-order valence-electron chi connectivity index (χ1n) is 11.9. The summed E-state index contributed by atoms with van der Waals surface area (Å²) in [5.74, 6) is 1.42. The Hall–Kier alpha value is -4.59. The third kappa shape index (κ3) is 4.31. The number of methoxy groups -OCH3 is 2. The van der Waals surface area contributed by atoms with Crippen molar-refractivity contribution >= 4 is 34.1 Å². The van der Waals surface area contributed by atoms with Crippen molar-refractivity contribution < 1.29 is 23.8 Å². The molecule has 5 rings (SSSR count). The monoisotopic (exact) mass is 497 g/mol. The first-order chi connectivity index (χ1) is 18.0. The number of carbonyl (C=O) groups is 2. The SMILES string of the molecule is COc1cc2nccc(Oc3ccc(N(C(=O)C4(C(N)=O)CCC4)c4ccccc4)cc3)c2cc1OC. The summed E-state index contributed by atoms with van der Waals surface area (Å²) in [4.78, 5) is 32.0. The third-order valence-corrected chi connectivity index (χ3v) is 6.84. The van der Waals surface area contributed by atoms with Gasteiger partial charge in [-0.3, -0.25) is 19.5 Å². The van der Waals surface area contributed by atoms with Crippen molar-refractivity contribution in [3.63, 3.8) is 0 Å². The number of rotatable bonds is 8. The number of para-hydroxylation sites is 1. The van der Waals surface area contributed by atoms with Gasteiger partial charge in [0.1, 0.15) is 16.9 Å². The highest BCUT2D eigenvalue weighted by atomic mass is 16.5. The lowest BCUT2D eigenvalue weighted by molar-refractivity contribution is -0.145. The highest BCUT2D eigenvalue weighted by Crippen LogP contribution is 2.45. The molecular formula is C29H27N3O5. The molecule has 0 unspecified atom stereocenters. The van der Waals surface area contributed by atoms with Crippen LogP contribution in [-0.2, 0) is 9.59 Å². The average molecular weight is 498 g/mol. The fourth-order valence-corrected chi connectivity index (χ4v) is 4.60. The van der Waals surface area contributed by atoms with E-state index in [1.54, 1.807) is 61.7 Å². The molecule has 0 radical (unpaired) electrons. The minimum Gasteiger partial charge on any atom is -0.493 e. The van der Waals surface area contributed by atoms with Crippen LogP contribution in [0.5, 0.6) is 23.0 Å². The number of benzene rings is 3. The van der Waals surface area contributed by atoms with Crippen LogP contribution in [0.4, 0.5) is 11.4 Å². The zero-order valence-corrected chi connectivity index (χ0v) is 20.6. The number of amides is 2. The van der Waals surface area contributed by atoms with Gasteiger partial charge in [0, 0.05) is 29.0 Å². The second-order valence-electron chi connectivity index (χ2n) is 8.91. The number of aromatic nitrogens is 1. The molecule has 2 amide bonds. The number of fused-ring (bicyclic) bond motifs is 1. The van der Waals surface area contributed by atoms with E-state index in [2.05, 4.69) is 4.98 Å². The van der Waals surface area contributed by atoms with Crippen LogP contribution < -0.4 is 24.8 Å². The highest BCUT2D eigenvalue weighted by Gasteiger charge is 2.52. The number of carbonyl (C=O) groups excluding carboxylic acids is 2. The smallest absolute Gasteiger partial charge is 0.247 e. The predicted octanol–water partition coefficient (Wildman–Crippen LogP) is 5.36. The maximum atomic E-state index is 13.7. The first kappa shape index (κ1) is 24.1. The molecule has 0 atom stereocenters. The van der Waals surface area contributed by atoms with Gasteiger partial charge in [0.2, 0.25) is 11.8 Å². The molecule has 1 heterocycles. The number of nitrogens with zero attached hydrogens (tertiary/aromatic N) is 2. The van der Waals surface area contributed by atoms with Crippen LogP contribution in [0.15, 0.2) is 79.0 Å². The molecule has 0 saturated heterocycles. The standard InChI is InChI=1S/C29H27N3O5/c1-35-25-17-22-23(18-26(25)36-2)31-16-13-24(22)37-21-11-9-20(10-12-21)32(19-7-4-3-5-8-19)28(34)29(27(30)33)14-6-15-29/h3-5,7-13,16-18H,6,14-15H2,1-2H3,(H2,30,33). The molecule has 1 fully saturated rings. The Balaban J connectivity index is 1.48. The van der Waals surface area contributed by atoms with Gasteiger partial charge >= 0.3 is 0 Å². The third-order valence-electron chi connectivity index (χ3n) is 6.84. The molecule has 188 valence electrons. The van der Waals surface area contributed by atoms with Gasteiger partial charge in [-0.05, 0) is 61.4 Å². The molecule has 8 heteroatoms. The van der Waals surface area contributed by atoms with Crippen molar-refractivity contribution in [2.75, 3.05) is 19.1 Å². The first-order valence-corrected chi connectivity index (χ1v) is 11.9. The van der Waals surface area contributed by atoms with E-state index in [9.17, 15) is 9.59 Å². The van der Waals surface area contributed by atoms with Gasteiger partial charge in [-0.2, -0.15) is 0 Å². The van der Waals surface area contributed by atoms with Crippen molar-refractivity contribution in [3.05, 3.63) is 79.0 Å². The fraction of sp³-hybridized carbons (Fsp3) is 0.207. The van der Waals surface area contributed by atoms with Crippen molar-refractivity contribution in [1.29, 1.82) is 0 Å². The number of nitrogens with two attached hydrogens (primary N) is 1. The zero-order chi connectivity index (χ0) is 26.0. The molecule has 2 N–H and O–H groups in total. The maximum absolute atomic E-state index is 13.7. The summed E-state index contributed by atoms with van der Waals surface area (Å²) in [5, 5.41) is 0.763. The van der Waals surface area contributed by atoms with E-state index >= 15 is 0 Å². The summed E-state index contributed by atoms with van der Waals surface area (Å²) in [6.07, 6.45) is 3.36. The molecule has 1 aliphatic rings. The van der Waals surface area contributed by atoms with E-state index in [0.717, 1.165) is 11.8 Å². The second kappa shape index (κ2) is 9.81. The number of ether oxygens (including phenoxy) is 3. The summed E-state index contributed by atoms with van der Waals surface area (Å²) in [6.45, 7) is 0. The number of anilines is 2. The summed E-state index contributed by atoms with van der Waals surface area (Å²) in [7, 11) is 3.15. The van der Waals surface area contributed by atoms with Crippen LogP contribution in [0.25, 0.3) is 10.9 Å². The van der Waals surface area contributed by atoms with E-state index < -0.39 is 11.3 Å². The lowest BCUT2D eigenvalue weighted by Crippen LogP contribution is -2.54. The van der Waals surface area contributed by atoms with E-state index in [1.165, 1.54) is 0 Å². The van der Waals surface area contributed by atoms with Crippen LogP contribution >= 0.6 is 0 Å². The molecule has 0 bridgehead atoms. The number of primary amides is 1. The summed E-state index contributed by atoms with van der Waals surface area (Å²) in [5.41, 5.74) is 6.49. The largest absolute Gasteiger partial charge is 0.493 e. The second-order valence-corrected chi connectivity index (χ2v) is 8.91. The number of pyridine rings is 1. The van der Waals surface area contributed by atoms with Crippen LogP contribution in [0, 0.1) is 5.41 Å². The van der Waals surface area contributed by atoms with Crippen LogP contribution in [0.3, 0.4) is 0 Å². The normalized spacial score (nSPS) is 13.9. The molecule has 4 aromatic rings. The van der Waals surface area contributed by atoms with Gasteiger partial charge in [-0.25, -0.2) is 0 Å². The van der Waals surface area contributed by atoms with Gasteiger partial charge in [-0.1, -0.05) is 24.6 Å². The van der Waals surface area contributed by atoms with Crippen molar-refractivity contribution in [3.8, 4) is 23.0 Å². The Morgan fingerprint density at radius 3 is 2.11 bits per heavy atom. The lowest BCUT2D eigenvalue weighted by atomic mass is 9.67. The van der Waals surface area contributed by atoms with E-state index in [-0.39, 0.29) is 5.91 Å². The quantitative estimate of drug-likeness (QED) is 0.329. The molecule has 0 spiro atoms. The molecular weight excluding hydrogens is 470 g/mol. The highest BCUT2D eigenvalue weighted by molar-refractivity contribution is 6.15. The molecule has 0 aliphatic heterocycles. The van der Waals surface area contributed by atoms with Gasteiger partial charge < -0.3 is 19.9 Å². The molecule has 1 saturated carbocycles. The topological polar surface area (TPSA) is 104 Å². The Kier molecular flexibility index (Phi) is 6.40. The van der Waals surface area contributed by atoms with E-state index in [1.807, 2.05) is 36.4 Å². The van der Waals surface area contributed by atoms with Crippen molar-refractivity contribution in [1.82, 2.24) is 4.98 Å².